The number of nitrogens with one attached hydrogen (secondary N) is 1. The zero-order valence-corrected chi connectivity index (χ0v) is 11.9. The fraction of sp³-hybridized carbons (Fsp3) is 0.562. The lowest BCUT2D eigenvalue weighted by atomic mass is 9.94. The van der Waals surface area contributed by atoms with Gasteiger partial charge in [-0.15, -0.1) is 0 Å². The summed E-state index contributed by atoms with van der Waals surface area (Å²) < 4.78 is 0. The first kappa shape index (κ1) is 14.1. The standard InChI is InChI=1S/C16H24N2O/c1-12-6-5-7-14(10-12)13(2)18-15(19)11-16(17)8-3-4-9-16/h5-7,10,13H,3-4,8-9,11,17H2,1-2H3,(H,18,19)/t13-/m1/s1. The van der Waals surface area contributed by atoms with Crippen LogP contribution in [0.3, 0.4) is 0 Å². The Morgan fingerprint density at radius 2 is 2.11 bits per heavy atom. The van der Waals surface area contributed by atoms with E-state index in [9.17, 15) is 4.79 Å². The Bertz CT molecular complexity index is 450. The van der Waals surface area contributed by atoms with Crippen molar-refractivity contribution in [2.45, 2.75) is 57.5 Å². The lowest BCUT2D eigenvalue weighted by molar-refractivity contribution is -0.122. The third-order valence-corrected chi connectivity index (χ3v) is 4.03. The second kappa shape index (κ2) is 5.74. The van der Waals surface area contributed by atoms with E-state index in [1.165, 1.54) is 5.56 Å². The van der Waals surface area contributed by atoms with Gasteiger partial charge in [-0.2, -0.15) is 0 Å². The molecule has 1 aromatic carbocycles. The molecule has 1 amide bonds. The van der Waals surface area contributed by atoms with E-state index in [4.69, 9.17) is 5.73 Å². The molecule has 3 heteroatoms. The monoisotopic (exact) mass is 260 g/mol. The minimum absolute atomic E-state index is 0.0393. The SMILES string of the molecule is Cc1cccc([C@@H](C)NC(=O)CC2(N)CCCC2)c1. The van der Waals surface area contributed by atoms with E-state index in [-0.39, 0.29) is 17.5 Å². The van der Waals surface area contributed by atoms with Gasteiger partial charge in [-0.3, -0.25) is 4.79 Å². The van der Waals surface area contributed by atoms with Crippen LogP contribution in [0.2, 0.25) is 0 Å². The largest absolute Gasteiger partial charge is 0.350 e. The van der Waals surface area contributed by atoms with Crippen LogP contribution in [-0.4, -0.2) is 11.4 Å². The van der Waals surface area contributed by atoms with Gasteiger partial charge in [-0.25, -0.2) is 0 Å². The van der Waals surface area contributed by atoms with Gasteiger partial charge in [-0.05, 0) is 32.3 Å². The molecule has 1 aliphatic rings. The highest BCUT2D eigenvalue weighted by atomic mass is 16.1. The average Bonchev–Trinajstić information content (AvgIpc) is 2.75. The normalized spacial score (nSPS) is 19.1. The Morgan fingerprint density at radius 1 is 1.42 bits per heavy atom. The summed E-state index contributed by atoms with van der Waals surface area (Å²) in [6.07, 6.45) is 4.69. The number of hydrogen-bond donors (Lipinski definition) is 2. The molecule has 1 aromatic rings. The number of rotatable bonds is 4. The van der Waals surface area contributed by atoms with Gasteiger partial charge in [0.1, 0.15) is 0 Å². The number of aryl methyl sites for hydroxylation is 1. The number of nitrogens with two attached hydrogens (primary N) is 1. The summed E-state index contributed by atoms with van der Waals surface area (Å²) in [5.41, 5.74) is 8.33. The third kappa shape index (κ3) is 3.80. The molecule has 0 unspecified atom stereocenters. The second-order valence-electron chi connectivity index (χ2n) is 5.95. The summed E-state index contributed by atoms with van der Waals surface area (Å²) in [6, 6.07) is 8.28. The molecular formula is C16H24N2O. The van der Waals surface area contributed by atoms with Crippen molar-refractivity contribution in [3.05, 3.63) is 35.4 Å². The number of hydrogen-bond acceptors (Lipinski definition) is 2. The Hall–Kier alpha value is -1.35. The van der Waals surface area contributed by atoms with E-state index < -0.39 is 0 Å². The van der Waals surface area contributed by atoms with Gasteiger partial charge >= 0.3 is 0 Å². The molecule has 19 heavy (non-hydrogen) atoms. The van der Waals surface area contributed by atoms with Crippen molar-refractivity contribution < 1.29 is 4.79 Å². The Kier molecular flexibility index (Phi) is 4.25. The van der Waals surface area contributed by atoms with Crippen LogP contribution < -0.4 is 11.1 Å². The van der Waals surface area contributed by atoms with E-state index in [2.05, 4.69) is 24.4 Å². The number of benzene rings is 1. The van der Waals surface area contributed by atoms with Crippen molar-refractivity contribution >= 4 is 5.91 Å². The molecule has 104 valence electrons. The van der Waals surface area contributed by atoms with E-state index >= 15 is 0 Å². The average molecular weight is 260 g/mol. The molecule has 2 rings (SSSR count). The number of amides is 1. The maximum atomic E-state index is 12.1. The van der Waals surface area contributed by atoms with Gasteiger partial charge in [0.15, 0.2) is 0 Å². The number of carbonyl (C=O) groups excluding carboxylic acids is 1. The van der Waals surface area contributed by atoms with Crippen LogP contribution in [0.5, 0.6) is 0 Å². The zero-order valence-electron chi connectivity index (χ0n) is 11.9. The molecule has 0 aromatic heterocycles. The minimum atomic E-state index is -0.267. The Balaban J connectivity index is 1.91. The van der Waals surface area contributed by atoms with Crippen molar-refractivity contribution in [2.24, 2.45) is 5.73 Å². The van der Waals surface area contributed by atoms with Gasteiger partial charge in [0.25, 0.3) is 0 Å². The van der Waals surface area contributed by atoms with Gasteiger partial charge in [0.2, 0.25) is 5.91 Å². The summed E-state index contributed by atoms with van der Waals surface area (Å²) in [5, 5.41) is 3.06. The summed E-state index contributed by atoms with van der Waals surface area (Å²) in [5.74, 6) is 0.0680. The summed E-state index contributed by atoms with van der Waals surface area (Å²) in [4.78, 5) is 12.1. The molecule has 0 radical (unpaired) electrons. The first-order chi connectivity index (χ1) is 8.98. The van der Waals surface area contributed by atoms with Gasteiger partial charge in [-0.1, -0.05) is 42.7 Å². The Morgan fingerprint density at radius 3 is 2.74 bits per heavy atom. The highest BCUT2D eigenvalue weighted by Gasteiger charge is 2.31. The fourth-order valence-electron chi connectivity index (χ4n) is 2.89. The molecule has 0 saturated heterocycles. The van der Waals surface area contributed by atoms with Crippen molar-refractivity contribution in [3.63, 3.8) is 0 Å². The van der Waals surface area contributed by atoms with E-state index in [0.717, 1.165) is 31.2 Å². The first-order valence-corrected chi connectivity index (χ1v) is 7.13. The molecule has 0 heterocycles. The van der Waals surface area contributed by atoms with Crippen LogP contribution in [0, 0.1) is 6.92 Å². The molecule has 3 N–H and O–H groups in total. The van der Waals surface area contributed by atoms with Crippen molar-refractivity contribution in [1.82, 2.24) is 5.32 Å². The second-order valence-corrected chi connectivity index (χ2v) is 5.95. The van der Waals surface area contributed by atoms with E-state index in [1.807, 2.05) is 19.1 Å². The molecule has 0 spiro atoms. The van der Waals surface area contributed by atoms with Crippen LogP contribution in [0.4, 0.5) is 0 Å². The lowest BCUT2D eigenvalue weighted by Gasteiger charge is -2.24. The van der Waals surface area contributed by atoms with E-state index in [0.29, 0.717) is 6.42 Å². The fourth-order valence-corrected chi connectivity index (χ4v) is 2.89. The van der Waals surface area contributed by atoms with Gasteiger partial charge in [0.05, 0.1) is 6.04 Å². The Labute approximate surface area is 115 Å². The molecule has 1 fully saturated rings. The molecule has 1 aliphatic carbocycles. The predicted octanol–water partition coefficient (Wildman–Crippen LogP) is 2.83. The molecule has 1 saturated carbocycles. The van der Waals surface area contributed by atoms with Crippen molar-refractivity contribution in [1.29, 1.82) is 0 Å². The van der Waals surface area contributed by atoms with Gasteiger partial charge in [0, 0.05) is 12.0 Å². The molecule has 0 aliphatic heterocycles. The molecule has 3 nitrogen and oxygen atoms in total. The maximum absolute atomic E-state index is 12.1. The summed E-state index contributed by atoms with van der Waals surface area (Å²) in [6.45, 7) is 4.08. The summed E-state index contributed by atoms with van der Waals surface area (Å²) >= 11 is 0. The third-order valence-electron chi connectivity index (χ3n) is 4.03. The van der Waals surface area contributed by atoms with Crippen LogP contribution in [0.25, 0.3) is 0 Å². The first-order valence-electron chi connectivity index (χ1n) is 7.13. The van der Waals surface area contributed by atoms with Crippen LogP contribution >= 0.6 is 0 Å². The zero-order chi connectivity index (χ0) is 13.9. The van der Waals surface area contributed by atoms with E-state index in [1.54, 1.807) is 0 Å². The topological polar surface area (TPSA) is 55.1 Å². The quantitative estimate of drug-likeness (QED) is 0.874. The van der Waals surface area contributed by atoms with Crippen LogP contribution in [0.15, 0.2) is 24.3 Å². The minimum Gasteiger partial charge on any atom is -0.350 e. The van der Waals surface area contributed by atoms with Crippen LogP contribution in [-0.2, 0) is 4.79 Å². The molecular weight excluding hydrogens is 236 g/mol. The highest BCUT2D eigenvalue weighted by Crippen LogP contribution is 2.30. The van der Waals surface area contributed by atoms with Crippen molar-refractivity contribution in [3.8, 4) is 0 Å². The maximum Gasteiger partial charge on any atom is 0.222 e. The van der Waals surface area contributed by atoms with Crippen molar-refractivity contribution in [2.75, 3.05) is 0 Å². The summed E-state index contributed by atoms with van der Waals surface area (Å²) in [7, 11) is 0. The smallest absolute Gasteiger partial charge is 0.222 e. The van der Waals surface area contributed by atoms with Gasteiger partial charge < -0.3 is 11.1 Å². The number of carbonyl (C=O) groups is 1. The molecule has 1 atom stereocenters. The molecule has 0 bridgehead atoms. The predicted molar refractivity (Wildman–Crippen MR) is 77.7 cm³/mol. The van der Waals surface area contributed by atoms with Crippen LogP contribution in [0.1, 0.15) is 56.2 Å². The lowest BCUT2D eigenvalue weighted by Crippen LogP contribution is -2.42. The highest BCUT2D eigenvalue weighted by molar-refractivity contribution is 5.77.